The van der Waals surface area contributed by atoms with Crippen LogP contribution in [0.4, 0.5) is 0 Å². The number of methoxy groups -OCH3 is 1. The van der Waals surface area contributed by atoms with E-state index in [2.05, 4.69) is 11.8 Å². The molecule has 1 nitrogen and oxygen atoms in total. The zero-order valence-corrected chi connectivity index (χ0v) is 6.48. The summed E-state index contributed by atoms with van der Waals surface area (Å²) in [4.78, 5) is 0. The fraction of sp³-hybridized carbons (Fsp3) is 0.556. The predicted octanol–water partition coefficient (Wildman–Crippen LogP) is 1.44. The minimum atomic E-state index is -0.480. The van der Waals surface area contributed by atoms with E-state index in [1.807, 2.05) is 6.92 Å². The molecule has 0 aromatic rings. The highest BCUT2D eigenvalue weighted by molar-refractivity contribution is 5.07. The van der Waals surface area contributed by atoms with Crippen LogP contribution < -0.4 is 0 Å². The van der Waals surface area contributed by atoms with Crippen LogP contribution >= 0.6 is 0 Å². The molecule has 0 bridgehead atoms. The van der Waals surface area contributed by atoms with Crippen molar-refractivity contribution >= 4 is 0 Å². The largest absolute Gasteiger partial charge is 0.366 e. The van der Waals surface area contributed by atoms with E-state index in [1.165, 1.54) is 0 Å². The molecule has 0 N–H and O–H groups in total. The molecule has 54 valence electrons. The molecule has 0 aliphatic carbocycles. The Balaban J connectivity index is 3.87. The molecule has 10 heavy (non-hydrogen) atoms. The van der Waals surface area contributed by atoms with Crippen molar-refractivity contribution in [1.82, 2.24) is 0 Å². The van der Waals surface area contributed by atoms with Crippen LogP contribution in [-0.2, 0) is 4.74 Å². The molecule has 0 radical (unpaired) electrons. The molecule has 0 aromatic carbocycles. The summed E-state index contributed by atoms with van der Waals surface area (Å²) < 4.78 is 5.06. The maximum Gasteiger partial charge on any atom is 0.126 e. The van der Waals surface area contributed by atoms with Crippen LogP contribution in [0.1, 0.15) is 19.8 Å². The van der Waals surface area contributed by atoms with Crippen molar-refractivity contribution < 1.29 is 4.74 Å². The molecule has 0 saturated heterocycles. The van der Waals surface area contributed by atoms with Gasteiger partial charge in [0.25, 0.3) is 0 Å². The molecule has 0 amide bonds. The van der Waals surface area contributed by atoms with Crippen LogP contribution in [0.25, 0.3) is 0 Å². The van der Waals surface area contributed by atoms with Crippen molar-refractivity contribution in [3.63, 3.8) is 0 Å². The van der Waals surface area contributed by atoms with Crippen LogP contribution in [0, 0.1) is 24.7 Å². The van der Waals surface area contributed by atoms with Crippen LogP contribution in [0.5, 0.6) is 0 Å². The van der Waals surface area contributed by atoms with Gasteiger partial charge in [-0.3, -0.25) is 0 Å². The van der Waals surface area contributed by atoms with Gasteiger partial charge in [0.15, 0.2) is 0 Å². The van der Waals surface area contributed by atoms with Crippen molar-refractivity contribution in [2.24, 2.45) is 0 Å². The minimum absolute atomic E-state index is 0.480. The number of terminal acetylenes is 2. The Labute approximate surface area is 62.8 Å². The Morgan fingerprint density at radius 1 is 1.50 bits per heavy atom. The highest BCUT2D eigenvalue weighted by Gasteiger charge is 2.18. The number of rotatable bonds is 3. The average Bonchev–Trinajstić information content (AvgIpc) is 2.00. The zero-order valence-electron chi connectivity index (χ0n) is 6.48. The third-order valence-electron chi connectivity index (χ3n) is 1.50. The van der Waals surface area contributed by atoms with Crippen LogP contribution in [0.15, 0.2) is 0 Å². The molecule has 0 fully saturated rings. The molecule has 0 heterocycles. The molecule has 0 saturated carbocycles. The van der Waals surface area contributed by atoms with Gasteiger partial charge in [-0.25, -0.2) is 0 Å². The first-order valence-electron chi connectivity index (χ1n) is 3.15. The average molecular weight is 136 g/mol. The highest BCUT2D eigenvalue weighted by Crippen LogP contribution is 2.14. The second kappa shape index (κ2) is 3.99. The third-order valence-corrected chi connectivity index (χ3v) is 1.50. The van der Waals surface area contributed by atoms with Crippen molar-refractivity contribution in [1.29, 1.82) is 0 Å². The van der Waals surface area contributed by atoms with Gasteiger partial charge in [-0.1, -0.05) is 5.92 Å². The van der Waals surface area contributed by atoms with E-state index in [0.29, 0.717) is 6.42 Å². The fourth-order valence-corrected chi connectivity index (χ4v) is 0.544. The normalized spacial score (nSPS) is 14.8. The van der Waals surface area contributed by atoms with Gasteiger partial charge in [0, 0.05) is 13.5 Å². The first kappa shape index (κ1) is 9.08. The van der Waals surface area contributed by atoms with Gasteiger partial charge in [0.05, 0.1) is 0 Å². The highest BCUT2D eigenvalue weighted by atomic mass is 16.5. The minimum Gasteiger partial charge on any atom is -0.366 e. The zero-order chi connectivity index (χ0) is 8.04. The van der Waals surface area contributed by atoms with Gasteiger partial charge in [-0.15, -0.1) is 18.8 Å². The standard InChI is InChI=1S/C9H12O/c1-5-7-8-9(3,6-2)10-4/h1-2H,7-8H2,3-4H3. The summed E-state index contributed by atoms with van der Waals surface area (Å²) in [5, 5.41) is 0. The van der Waals surface area contributed by atoms with E-state index in [0.717, 1.165) is 6.42 Å². The molecule has 0 aliphatic rings. The van der Waals surface area contributed by atoms with E-state index >= 15 is 0 Å². The maximum absolute atomic E-state index is 5.21. The molecule has 0 spiro atoms. The molecule has 1 unspecified atom stereocenters. The second-order valence-electron chi connectivity index (χ2n) is 2.28. The topological polar surface area (TPSA) is 9.23 Å². The van der Waals surface area contributed by atoms with Crippen molar-refractivity contribution in [2.45, 2.75) is 25.4 Å². The summed E-state index contributed by atoms with van der Waals surface area (Å²) in [6, 6.07) is 0. The van der Waals surface area contributed by atoms with E-state index < -0.39 is 5.60 Å². The van der Waals surface area contributed by atoms with E-state index in [4.69, 9.17) is 17.6 Å². The Bertz CT molecular complexity index is 170. The lowest BCUT2D eigenvalue weighted by Gasteiger charge is -2.19. The lowest BCUT2D eigenvalue weighted by atomic mass is 10.0. The molecular weight excluding hydrogens is 124 g/mol. The molecule has 1 heteroatoms. The lowest BCUT2D eigenvalue weighted by molar-refractivity contribution is 0.0515. The van der Waals surface area contributed by atoms with Crippen LogP contribution in [0.3, 0.4) is 0 Å². The summed E-state index contributed by atoms with van der Waals surface area (Å²) in [5.74, 6) is 5.06. The lowest BCUT2D eigenvalue weighted by Crippen LogP contribution is -2.24. The summed E-state index contributed by atoms with van der Waals surface area (Å²) >= 11 is 0. The van der Waals surface area contributed by atoms with E-state index in [9.17, 15) is 0 Å². The molecule has 1 atom stereocenters. The first-order chi connectivity index (χ1) is 4.68. The number of hydrogen-bond donors (Lipinski definition) is 0. The predicted molar refractivity (Wildman–Crippen MR) is 42.3 cm³/mol. The Kier molecular flexibility index (Phi) is 3.62. The summed E-state index contributed by atoms with van der Waals surface area (Å²) in [7, 11) is 1.59. The molecule has 0 aliphatic heterocycles. The van der Waals surface area contributed by atoms with Gasteiger partial charge in [0.1, 0.15) is 5.60 Å². The quantitative estimate of drug-likeness (QED) is 0.533. The third kappa shape index (κ3) is 2.58. The smallest absolute Gasteiger partial charge is 0.126 e. The summed E-state index contributed by atoms with van der Waals surface area (Å²) in [5.41, 5.74) is -0.480. The van der Waals surface area contributed by atoms with Crippen LogP contribution in [-0.4, -0.2) is 12.7 Å². The van der Waals surface area contributed by atoms with Gasteiger partial charge in [0.2, 0.25) is 0 Å². The monoisotopic (exact) mass is 136 g/mol. The molecule has 0 aromatic heterocycles. The van der Waals surface area contributed by atoms with E-state index in [-0.39, 0.29) is 0 Å². The first-order valence-corrected chi connectivity index (χ1v) is 3.15. The molecular formula is C9H12O. The van der Waals surface area contributed by atoms with Gasteiger partial charge >= 0.3 is 0 Å². The SMILES string of the molecule is C#CCCC(C)(C#C)OC. The van der Waals surface area contributed by atoms with Crippen molar-refractivity contribution in [3.05, 3.63) is 0 Å². The Morgan fingerprint density at radius 2 is 2.10 bits per heavy atom. The van der Waals surface area contributed by atoms with E-state index in [1.54, 1.807) is 7.11 Å². The van der Waals surface area contributed by atoms with Gasteiger partial charge in [-0.2, -0.15) is 0 Å². The van der Waals surface area contributed by atoms with Crippen molar-refractivity contribution in [2.75, 3.05) is 7.11 Å². The second-order valence-corrected chi connectivity index (χ2v) is 2.28. The summed E-state index contributed by atoms with van der Waals surface area (Å²) in [6.07, 6.45) is 11.7. The number of ether oxygens (including phenoxy) is 1. The maximum atomic E-state index is 5.21. The van der Waals surface area contributed by atoms with Crippen molar-refractivity contribution in [3.8, 4) is 24.7 Å². The Morgan fingerprint density at radius 3 is 2.40 bits per heavy atom. The number of hydrogen-bond acceptors (Lipinski definition) is 1. The summed E-state index contributed by atoms with van der Waals surface area (Å²) in [6.45, 7) is 1.85. The van der Waals surface area contributed by atoms with Crippen LogP contribution in [0.2, 0.25) is 0 Å². The fourth-order valence-electron chi connectivity index (χ4n) is 0.544. The van der Waals surface area contributed by atoms with Gasteiger partial charge < -0.3 is 4.74 Å². The van der Waals surface area contributed by atoms with Gasteiger partial charge in [-0.05, 0) is 13.3 Å². The Hall–Kier alpha value is -0.920. The molecule has 0 rings (SSSR count).